The summed E-state index contributed by atoms with van der Waals surface area (Å²) in [5.74, 6) is 0.459. The van der Waals surface area contributed by atoms with Crippen molar-refractivity contribution in [2.45, 2.75) is 67.7 Å². The maximum Gasteiger partial charge on any atom is 0.332 e. The number of amides is 3. The summed E-state index contributed by atoms with van der Waals surface area (Å²) in [4.78, 5) is 49.8. The van der Waals surface area contributed by atoms with Crippen LogP contribution in [0.15, 0.2) is 59.7 Å². The number of hydrogen-bond acceptors (Lipinski definition) is 8. The van der Waals surface area contributed by atoms with Crippen molar-refractivity contribution in [2.24, 2.45) is 11.0 Å². The van der Waals surface area contributed by atoms with Gasteiger partial charge in [-0.1, -0.05) is 71.9 Å². The van der Waals surface area contributed by atoms with Gasteiger partial charge in [0.25, 0.3) is 0 Å². The van der Waals surface area contributed by atoms with Gasteiger partial charge in [0, 0.05) is 50.9 Å². The number of nitrogens with zero attached hydrogens (tertiary/aromatic N) is 5. The van der Waals surface area contributed by atoms with E-state index in [1.807, 2.05) is 68.4 Å². The van der Waals surface area contributed by atoms with Gasteiger partial charge < -0.3 is 29.7 Å². The highest BCUT2D eigenvalue weighted by atomic mass is 127. The van der Waals surface area contributed by atoms with Crippen molar-refractivity contribution in [3.05, 3.63) is 65.0 Å². The van der Waals surface area contributed by atoms with Gasteiger partial charge in [0.15, 0.2) is 5.54 Å². The van der Waals surface area contributed by atoms with Gasteiger partial charge in [-0.05, 0) is 43.3 Å². The molecule has 2 heterocycles. The summed E-state index contributed by atoms with van der Waals surface area (Å²) in [7, 11) is 1.59. The molecule has 5 rings (SSSR count). The van der Waals surface area contributed by atoms with E-state index in [0.29, 0.717) is 35.6 Å². The highest BCUT2D eigenvalue weighted by Gasteiger charge is 2.62. The van der Waals surface area contributed by atoms with E-state index in [2.05, 4.69) is 43.3 Å². The lowest BCUT2D eigenvalue weighted by atomic mass is 10.0. The molecule has 1 aromatic heterocycles. The van der Waals surface area contributed by atoms with E-state index in [-0.39, 0.29) is 36.0 Å². The summed E-state index contributed by atoms with van der Waals surface area (Å²) in [6.07, 6.45) is 0.619. The predicted octanol–water partition coefficient (Wildman–Crippen LogP) is 5.79. The van der Waals surface area contributed by atoms with Crippen molar-refractivity contribution in [3.63, 3.8) is 0 Å². The number of ether oxygens (including phenoxy) is 3. The lowest BCUT2D eigenvalue weighted by Crippen LogP contribution is -2.56. The second-order valence-electron chi connectivity index (χ2n) is 12.4. The zero-order valence-corrected chi connectivity index (χ0v) is 29.5. The molecule has 2 fully saturated rings. The molecule has 2 aromatic carbocycles. The quantitative estimate of drug-likeness (QED) is 0.0554. The second-order valence-corrected chi connectivity index (χ2v) is 13.9. The van der Waals surface area contributed by atoms with Gasteiger partial charge in [0.2, 0.25) is 5.91 Å². The molecule has 2 N–H and O–H groups in total. The fourth-order valence-electron chi connectivity index (χ4n) is 6.01. The highest BCUT2D eigenvalue weighted by molar-refractivity contribution is 14.1. The van der Waals surface area contributed by atoms with Crippen LogP contribution < -0.4 is 20.1 Å². The minimum absolute atomic E-state index is 0.0717. The summed E-state index contributed by atoms with van der Waals surface area (Å²) >= 11 is 2.13. The van der Waals surface area contributed by atoms with Crippen LogP contribution in [0.4, 0.5) is 4.79 Å². The third kappa shape index (κ3) is 7.87. The van der Waals surface area contributed by atoms with E-state index in [9.17, 15) is 14.4 Å². The molecule has 3 amide bonds. The van der Waals surface area contributed by atoms with E-state index < -0.39 is 41.6 Å². The van der Waals surface area contributed by atoms with Crippen LogP contribution >= 0.6 is 22.6 Å². The number of nitrogens with one attached hydrogen (secondary N) is 2. The van der Waals surface area contributed by atoms with Crippen LogP contribution in [-0.4, -0.2) is 82.2 Å². The molecule has 0 bridgehead atoms. The molecule has 3 aromatic rings. The normalized spacial score (nSPS) is 22.0. The third-order valence-corrected chi connectivity index (χ3v) is 9.98. The Kier molecular flexibility index (Phi) is 11.2. The summed E-state index contributed by atoms with van der Waals surface area (Å²) in [6, 6.07) is 15.3. The monoisotopic (exact) mass is 769 g/mol. The average molecular weight is 770 g/mol. The van der Waals surface area contributed by atoms with Crippen molar-refractivity contribution < 1.29 is 28.6 Å². The summed E-state index contributed by atoms with van der Waals surface area (Å²) in [5.41, 5.74) is 10.0. The van der Waals surface area contributed by atoms with Crippen molar-refractivity contribution >= 4 is 51.4 Å². The Hall–Kier alpha value is -4.30. The number of benzene rings is 2. The molecule has 254 valence electrons. The van der Waals surface area contributed by atoms with Crippen LogP contribution in [0.2, 0.25) is 0 Å². The molecule has 1 saturated heterocycles. The number of carbonyl (C=O) groups excluding carboxylic acids is 3. The van der Waals surface area contributed by atoms with Crippen LogP contribution in [0.3, 0.4) is 0 Å². The Labute approximate surface area is 292 Å². The molecule has 1 saturated carbocycles. The number of methoxy groups -OCH3 is 1. The van der Waals surface area contributed by atoms with Gasteiger partial charge in [-0.3, -0.25) is 4.79 Å². The molecule has 48 heavy (non-hydrogen) atoms. The van der Waals surface area contributed by atoms with E-state index in [1.54, 1.807) is 14.0 Å². The molecule has 0 unspecified atom stereocenters. The molecule has 5 atom stereocenters. The number of esters is 1. The lowest BCUT2D eigenvalue weighted by molar-refractivity contribution is -0.149. The first kappa shape index (κ1) is 35.0. The Balaban J connectivity index is 1.46. The van der Waals surface area contributed by atoms with Gasteiger partial charge in [0.05, 0.1) is 31.5 Å². The number of rotatable bonds is 13. The maximum atomic E-state index is 13.9. The van der Waals surface area contributed by atoms with Crippen molar-refractivity contribution in [2.75, 3.05) is 26.8 Å². The van der Waals surface area contributed by atoms with Gasteiger partial charge in [-0.25, -0.2) is 14.6 Å². The van der Waals surface area contributed by atoms with Crippen molar-refractivity contribution in [1.29, 1.82) is 0 Å². The maximum absolute atomic E-state index is 13.9. The van der Waals surface area contributed by atoms with Gasteiger partial charge >= 0.3 is 12.0 Å². The van der Waals surface area contributed by atoms with Gasteiger partial charge in [0.1, 0.15) is 23.6 Å². The first-order valence-corrected chi connectivity index (χ1v) is 17.2. The van der Waals surface area contributed by atoms with E-state index in [4.69, 9.17) is 24.7 Å². The van der Waals surface area contributed by atoms with E-state index in [1.165, 1.54) is 4.90 Å². The number of carbonyl (C=O) groups is 3. The summed E-state index contributed by atoms with van der Waals surface area (Å²) in [5, 5.41) is 10.3. The number of azide groups is 1. The standard InChI is InChI=1S/C34H40IN7O6/c1-5-47-32(44)34(17-30(34)35)40-31(43)28-15-24(19-42(28)33(45)38-22(13-20(2)3)18-37-41-36)48-29-16-26(21-9-7-6-8-10-21)39-27-14-23(46-4)11-12-25(27)29/h6-12,14,16,20,22,24,28,30H,5,13,15,17-19H2,1-4H3,(H,38,45)(H,40,43)/t22-,24+,28-,30+,34+/m0/s1. The lowest BCUT2D eigenvalue weighted by Gasteiger charge is -2.28. The minimum atomic E-state index is -1.14. The zero-order valence-electron chi connectivity index (χ0n) is 27.4. The summed E-state index contributed by atoms with van der Waals surface area (Å²) in [6.45, 7) is 6.09. The van der Waals surface area contributed by atoms with Crippen LogP contribution in [0.1, 0.15) is 40.0 Å². The minimum Gasteiger partial charge on any atom is -0.497 e. The number of likely N-dealkylation sites (tertiary alicyclic amines) is 1. The molecule has 1 aliphatic carbocycles. The number of hydrogen-bond donors (Lipinski definition) is 2. The molecule has 0 radical (unpaired) electrons. The molecule has 1 aliphatic heterocycles. The predicted molar refractivity (Wildman–Crippen MR) is 189 cm³/mol. The zero-order chi connectivity index (χ0) is 34.4. The van der Waals surface area contributed by atoms with Crippen LogP contribution in [0, 0.1) is 5.92 Å². The average Bonchev–Trinajstić information content (AvgIpc) is 3.52. The van der Waals surface area contributed by atoms with Gasteiger partial charge in [-0.15, -0.1) is 0 Å². The van der Waals surface area contributed by atoms with E-state index in [0.717, 1.165) is 10.9 Å². The smallest absolute Gasteiger partial charge is 0.332 e. The first-order valence-electron chi connectivity index (χ1n) is 16.0. The summed E-state index contributed by atoms with van der Waals surface area (Å²) < 4.78 is 17.2. The first-order chi connectivity index (χ1) is 23.1. The third-order valence-electron chi connectivity index (χ3n) is 8.48. The number of urea groups is 1. The number of pyridine rings is 1. The molecule has 0 spiro atoms. The number of halogens is 1. The SMILES string of the molecule is CCOC(=O)[C@@]1(NC(=O)[C@@H]2C[C@@H](Oc3cc(-c4ccccc4)nc4cc(OC)ccc34)CN2C(=O)N[C@H](CN=[N+]=[N-])CC(C)C)C[C@H]1I. The van der Waals surface area contributed by atoms with Gasteiger partial charge in [-0.2, -0.15) is 0 Å². The molecule has 13 nitrogen and oxygen atoms in total. The number of alkyl halides is 1. The molecule has 2 aliphatic rings. The Morgan fingerprint density at radius 1 is 1.19 bits per heavy atom. The van der Waals surface area contributed by atoms with E-state index >= 15 is 0 Å². The largest absolute Gasteiger partial charge is 0.497 e. The Bertz CT molecular complexity index is 1700. The van der Waals surface area contributed by atoms with Crippen molar-refractivity contribution in [3.8, 4) is 22.8 Å². The van der Waals surface area contributed by atoms with Crippen molar-refractivity contribution in [1.82, 2.24) is 20.5 Å². The number of aromatic nitrogens is 1. The Morgan fingerprint density at radius 2 is 1.94 bits per heavy atom. The van der Waals surface area contributed by atoms with Crippen LogP contribution in [0.5, 0.6) is 11.5 Å². The topological polar surface area (TPSA) is 168 Å². The second kappa shape index (κ2) is 15.3. The molecular formula is C34H40IN7O6. The fourth-order valence-corrected chi connectivity index (χ4v) is 7.12. The Morgan fingerprint density at radius 3 is 2.58 bits per heavy atom. The molecule has 14 heteroatoms. The van der Waals surface area contributed by atoms with Crippen LogP contribution in [-0.2, 0) is 14.3 Å². The molecular weight excluding hydrogens is 729 g/mol. The fraction of sp³-hybridized carbons (Fsp3) is 0.471. The highest BCUT2D eigenvalue weighted by Crippen LogP contribution is 2.44. The number of fused-ring (bicyclic) bond motifs is 1. The van der Waals surface area contributed by atoms with Crippen LogP contribution in [0.25, 0.3) is 32.6 Å².